The van der Waals surface area contributed by atoms with Crippen molar-refractivity contribution in [1.29, 1.82) is 1.43 Å². The quantitative estimate of drug-likeness (QED) is 0.575. The molecule has 1 aromatic carbocycles. The number of benzene rings is 1. The van der Waals surface area contributed by atoms with Gasteiger partial charge in [-0.15, -0.1) is 0 Å². The number of allylic oxidation sites excluding steroid dienone is 2. The summed E-state index contributed by atoms with van der Waals surface area (Å²) in [4.78, 5) is 10.9. The van der Waals surface area contributed by atoms with Crippen LogP contribution in [0.25, 0.3) is 7.48 Å². The van der Waals surface area contributed by atoms with E-state index in [9.17, 15) is 4.79 Å². The molecule has 1 aromatic rings. The summed E-state index contributed by atoms with van der Waals surface area (Å²) >= 11 is 0. The maximum absolute atomic E-state index is 10.9. The van der Waals surface area contributed by atoms with E-state index in [1.807, 2.05) is 0 Å². The first-order chi connectivity index (χ1) is 9.72. The van der Waals surface area contributed by atoms with E-state index in [4.69, 9.17) is 11.0 Å². The zero-order valence-electron chi connectivity index (χ0n) is 14.5. The molecule has 2 heteroatoms. The minimum Gasteiger partial charge on any atom is -0.478 e. The summed E-state index contributed by atoms with van der Waals surface area (Å²) in [6, 6.07) is -2.21. The maximum Gasteiger partial charge on any atom is 0.328 e. The number of hydrogen-bond acceptors (Lipinski definition) is 2. The van der Waals surface area contributed by atoms with E-state index < -0.39 is 42.3 Å². The van der Waals surface area contributed by atoms with Crippen molar-refractivity contribution in [3.05, 3.63) is 54.0 Å². The highest BCUT2D eigenvalue weighted by atomic mass is 16.4. The van der Waals surface area contributed by atoms with Gasteiger partial charge in [0.1, 0.15) is 0 Å². The van der Waals surface area contributed by atoms with Crippen LogP contribution in [0.2, 0.25) is 0 Å². The predicted molar refractivity (Wildman–Crippen MR) is 52.3 cm³/mol. The van der Waals surface area contributed by atoms with Crippen LogP contribution in [-0.4, -0.2) is 11.1 Å². The zero-order chi connectivity index (χ0) is 16.3. The summed E-state index contributed by atoms with van der Waals surface area (Å²) in [5, 5.41) is 3.51. The molecular formula is C11H10O2. The largest absolute Gasteiger partial charge is 0.478 e. The Labute approximate surface area is 88.2 Å². The van der Waals surface area contributed by atoms with Crippen LogP contribution in [0, 0.1) is 0 Å². The SMILES string of the molecule is [2H]OC(=O)C([2H])=C([2H])C([2H])=C([2H])c1ccc([2H])c([2H])c1[2H]. The van der Waals surface area contributed by atoms with E-state index in [-0.39, 0.29) is 11.6 Å². The third kappa shape index (κ3) is 3.91. The molecule has 0 heterocycles. The highest BCUT2D eigenvalue weighted by Gasteiger charge is 1.82. The summed E-state index contributed by atoms with van der Waals surface area (Å²) in [5.74, 6) is -1.44. The molecule has 0 saturated carbocycles. The lowest BCUT2D eigenvalue weighted by atomic mass is 10.2. The molecule has 0 aliphatic rings. The van der Waals surface area contributed by atoms with Gasteiger partial charge >= 0.3 is 5.97 Å². The van der Waals surface area contributed by atoms with Crippen LogP contribution < -0.4 is 0 Å². The van der Waals surface area contributed by atoms with Gasteiger partial charge < -0.3 is 5.11 Å². The van der Waals surface area contributed by atoms with Gasteiger partial charge in [-0.3, -0.25) is 0 Å². The third-order valence-corrected chi connectivity index (χ3v) is 1.03. The molecule has 1 rings (SSSR count). The van der Waals surface area contributed by atoms with Crippen molar-refractivity contribution < 1.29 is 19.5 Å². The van der Waals surface area contributed by atoms with Crippen molar-refractivity contribution in [2.24, 2.45) is 0 Å². The molecule has 0 unspecified atom stereocenters. The number of carboxylic acids is 1. The topological polar surface area (TPSA) is 37.3 Å². The monoisotopic (exact) mass is 182 g/mol. The number of hydrogen-bond donors (Lipinski definition) is 1. The minimum absolute atomic E-state index is 0.169. The molecule has 0 aromatic heterocycles. The Morgan fingerprint density at radius 3 is 3.38 bits per heavy atom. The third-order valence-electron chi connectivity index (χ3n) is 1.03. The average molecular weight is 182 g/mol. The fraction of sp³-hybridized carbons (Fsp3) is 0. The smallest absolute Gasteiger partial charge is 0.328 e. The lowest BCUT2D eigenvalue weighted by Crippen LogP contribution is -1.84. The number of carboxylic acid groups (broad SMARTS) is 1. The molecule has 0 radical (unpaired) electrons. The van der Waals surface area contributed by atoms with Crippen LogP contribution in [0.4, 0.5) is 0 Å². The fourth-order valence-electron chi connectivity index (χ4n) is 0.566. The predicted octanol–water partition coefficient (Wildman–Crippen LogP) is 2.34. The molecule has 2 nitrogen and oxygen atoms in total. The molecule has 0 atom stereocenters. The van der Waals surface area contributed by atoms with E-state index in [1.165, 1.54) is 12.1 Å². The first-order valence-electron chi connectivity index (χ1n) is 7.23. The lowest BCUT2D eigenvalue weighted by molar-refractivity contribution is -0.131. The Bertz CT molecular complexity index is 650. The molecule has 0 amide bonds. The average Bonchev–Trinajstić information content (AvgIpc) is 2.49. The molecule has 0 spiro atoms. The van der Waals surface area contributed by atoms with Gasteiger partial charge in [-0.1, -0.05) is 48.4 Å². The van der Waals surface area contributed by atoms with Crippen molar-refractivity contribution in [1.82, 2.24) is 0 Å². The molecule has 0 bridgehead atoms. The van der Waals surface area contributed by atoms with E-state index in [1.54, 1.807) is 0 Å². The highest BCUT2D eigenvalue weighted by Crippen LogP contribution is 2.00. The van der Waals surface area contributed by atoms with Crippen LogP contribution >= 0.6 is 0 Å². The van der Waals surface area contributed by atoms with Gasteiger partial charge in [-0.25, -0.2) is 4.79 Å². The highest BCUT2D eigenvalue weighted by molar-refractivity contribution is 5.80. The van der Waals surface area contributed by atoms with Gasteiger partial charge in [0.25, 0.3) is 1.43 Å². The van der Waals surface area contributed by atoms with Crippen molar-refractivity contribution in [2.75, 3.05) is 0 Å². The molecule has 0 aliphatic carbocycles. The lowest BCUT2D eigenvalue weighted by Gasteiger charge is -1.87. The second kappa shape index (κ2) is 4.93. The summed E-state index contributed by atoms with van der Waals surface area (Å²) < 4.78 is 58.9. The number of carbonyl (C=O) groups is 1. The van der Waals surface area contributed by atoms with Gasteiger partial charge in [0.15, 0.2) is 0 Å². The van der Waals surface area contributed by atoms with E-state index in [2.05, 4.69) is 5.11 Å². The standard InChI is InChI=1S/C11H10O2/c12-11(13)9-5-4-8-10-6-2-1-3-7-10/h1-9H,(H,12,13)/i1D,2D,4D,5D,6D,8D,9D/hD. The van der Waals surface area contributed by atoms with E-state index >= 15 is 0 Å². The van der Waals surface area contributed by atoms with Crippen LogP contribution in [0.3, 0.4) is 0 Å². The van der Waals surface area contributed by atoms with Crippen LogP contribution in [-0.2, 0) is 4.79 Å². The van der Waals surface area contributed by atoms with Crippen molar-refractivity contribution in [3.63, 3.8) is 0 Å². The van der Waals surface area contributed by atoms with Crippen LogP contribution in [0.15, 0.2) is 48.4 Å². The minimum atomic E-state index is -1.44. The number of rotatable bonds is 3. The van der Waals surface area contributed by atoms with Crippen LogP contribution in [0.5, 0.6) is 0 Å². The molecular weight excluding hydrogens is 164 g/mol. The summed E-state index contributed by atoms with van der Waals surface area (Å²) in [5.41, 5.74) is -0.169. The second-order valence-electron chi connectivity index (χ2n) is 1.93. The molecule has 13 heavy (non-hydrogen) atoms. The van der Waals surface area contributed by atoms with Crippen molar-refractivity contribution in [2.45, 2.75) is 0 Å². The summed E-state index contributed by atoms with van der Waals surface area (Å²) in [6.45, 7) is 0. The van der Waals surface area contributed by atoms with Gasteiger partial charge in [-0.05, 0) is 5.56 Å². The zero-order valence-corrected chi connectivity index (χ0v) is 6.47. The molecule has 1 N–H and O–H groups in total. The first kappa shape index (κ1) is 3.14. The second-order valence-corrected chi connectivity index (χ2v) is 1.93. The Hall–Kier alpha value is -1.83. The molecule has 66 valence electrons. The van der Waals surface area contributed by atoms with Gasteiger partial charge in [0.2, 0.25) is 0 Å². The Kier molecular flexibility index (Phi) is 1.19. The van der Waals surface area contributed by atoms with E-state index in [0.29, 0.717) is 0 Å². The van der Waals surface area contributed by atoms with Gasteiger partial charge in [0, 0.05) is 6.05 Å². The van der Waals surface area contributed by atoms with Crippen LogP contribution in [0.1, 0.15) is 15.2 Å². The summed E-state index contributed by atoms with van der Waals surface area (Å²) in [7, 11) is 0. The van der Waals surface area contributed by atoms with Gasteiger partial charge in [0.05, 0.1) is 9.60 Å². The maximum atomic E-state index is 10.9. The Morgan fingerprint density at radius 2 is 2.54 bits per heavy atom. The fourth-order valence-corrected chi connectivity index (χ4v) is 0.566. The van der Waals surface area contributed by atoms with Crippen molar-refractivity contribution in [3.8, 4) is 0 Å². The van der Waals surface area contributed by atoms with Crippen molar-refractivity contribution >= 4 is 12.0 Å². The Morgan fingerprint density at radius 1 is 1.62 bits per heavy atom. The normalized spacial score (nSPS) is 22.5. The number of aliphatic carboxylic acids is 1. The molecule has 0 saturated heterocycles. The molecule has 0 fully saturated rings. The summed E-state index contributed by atoms with van der Waals surface area (Å²) in [6.07, 6.45) is 0. The first-order valence-corrected chi connectivity index (χ1v) is 3.32. The molecule has 0 aliphatic heterocycles. The Balaban J connectivity index is 3.44. The van der Waals surface area contributed by atoms with E-state index in [0.717, 1.165) is 0 Å². The van der Waals surface area contributed by atoms with Gasteiger partial charge in [-0.2, -0.15) is 0 Å².